The van der Waals surface area contributed by atoms with Crippen molar-refractivity contribution in [3.63, 3.8) is 0 Å². The van der Waals surface area contributed by atoms with Crippen LogP contribution in [0.2, 0.25) is 0 Å². The molecule has 0 fully saturated rings. The van der Waals surface area contributed by atoms with Crippen molar-refractivity contribution in [2.24, 2.45) is 5.41 Å². The molecule has 0 N–H and O–H groups in total. The second kappa shape index (κ2) is 5.65. The molecule has 1 aromatic rings. The first-order valence-electron chi connectivity index (χ1n) is 5.82. The summed E-state index contributed by atoms with van der Waals surface area (Å²) in [5, 5.41) is 0. The summed E-state index contributed by atoms with van der Waals surface area (Å²) in [5.41, 5.74) is 1.54. The first kappa shape index (κ1) is 14.9. The maximum Gasteiger partial charge on any atom is 0.312 e. The first-order chi connectivity index (χ1) is 8.27. The van der Waals surface area contributed by atoms with Crippen molar-refractivity contribution in [1.82, 2.24) is 0 Å². The van der Waals surface area contributed by atoms with Crippen molar-refractivity contribution in [3.05, 3.63) is 29.3 Å². The van der Waals surface area contributed by atoms with Gasteiger partial charge in [-0.1, -0.05) is 6.07 Å². The molecule has 0 saturated carbocycles. The Morgan fingerprint density at radius 1 is 1.28 bits per heavy atom. The highest BCUT2D eigenvalue weighted by Gasteiger charge is 2.31. The average Bonchev–Trinajstić information content (AvgIpc) is 2.30. The van der Waals surface area contributed by atoms with E-state index in [1.54, 1.807) is 13.8 Å². The highest BCUT2D eigenvalue weighted by molar-refractivity contribution is 7.85. The lowest BCUT2D eigenvalue weighted by atomic mass is 9.97. The molecule has 4 heteroatoms. The third kappa shape index (κ3) is 3.42. The van der Waals surface area contributed by atoms with Crippen molar-refractivity contribution in [3.8, 4) is 0 Å². The smallest absolute Gasteiger partial charge is 0.312 e. The predicted octanol–water partition coefficient (Wildman–Crippen LogP) is 2.61. The van der Waals surface area contributed by atoms with Crippen LogP contribution in [-0.4, -0.2) is 23.0 Å². The van der Waals surface area contributed by atoms with E-state index in [0.29, 0.717) is 0 Å². The number of esters is 1. The van der Waals surface area contributed by atoms with E-state index in [-0.39, 0.29) is 11.7 Å². The van der Waals surface area contributed by atoms with Gasteiger partial charge in [0.2, 0.25) is 0 Å². The Kier molecular flexibility index (Phi) is 4.68. The van der Waals surface area contributed by atoms with Gasteiger partial charge in [0.1, 0.15) is 0 Å². The van der Waals surface area contributed by atoms with Gasteiger partial charge >= 0.3 is 5.97 Å². The van der Waals surface area contributed by atoms with Crippen molar-refractivity contribution >= 4 is 16.8 Å². The summed E-state index contributed by atoms with van der Waals surface area (Å²) in [7, 11) is 0.156. The molecule has 0 aromatic heterocycles. The fraction of sp³-hybridized carbons (Fsp3) is 0.500. The molecule has 0 heterocycles. The molecule has 3 nitrogen and oxygen atoms in total. The van der Waals surface area contributed by atoms with Crippen LogP contribution in [0.15, 0.2) is 23.1 Å². The van der Waals surface area contributed by atoms with Crippen LogP contribution >= 0.6 is 0 Å². The monoisotopic (exact) mass is 268 g/mol. The fourth-order valence-electron chi connectivity index (χ4n) is 1.60. The number of aryl methyl sites for hydroxylation is 2. The van der Waals surface area contributed by atoms with Crippen LogP contribution in [0.25, 0.3) is 0 Å². The fourth-order valence-corrected chi connectivity index (χ4v) is 3.07. The number of benzene rings is 1. The zero-order chi connectivity index (χ0) is 13.9. The number of carbonyl (C=O) groups is 1. The molecule has 0 aliphatic rings. The Morgan fingerprint density at radius 3 is 2.39 bits per heavy atom. The summed E-state index contributed by atoms with van der Waals surface area (Å²) < 4.78 is 17.0. The number of hydrogen-bond acceptors (Lipinski definition) is 3. The van der Waals surface area contributed by atoms with Gasteiger partial charge in [-0.3, -0.25) is 9.00 Å². The molecule has 1 unspecified atom stereocenters. The van der Waals surface area contributed by atoms with Gasteiger partial charge in [0, 0.05) is 10.6 Å². The second-order valence-corrected chi connectivity index (χ2v) is 6.56. The van der Waals surface area contributed by atoms with Crippen LogP contribution in [-0.2, 0) is 20.3 Å². The topological polar surface area (TPSA) is 43.4 Å². The van der Waals surface area contributed by atoms with Gasteiger partial charge in [-0.15, -0.1) is 0 Å². The van der Waals surface area contributed by atoms with Crippen LogP contribution in [0.1, 0.15) is 25.0 Å². The summed E-state index contributed by atoms with van der Waals surface area (Å²) in [4.78, 5) is 12.3. The molecule has 0 aliphatic carbocycles. The Labute approximate surface area is 111 Å². The predicted molar refractivity (Wildman–Crippen MR) is 73.0 cm³/mol. The van der Waals surface area contributed by atoms with Gasteiger partial charge in [-0.05, 0) is 51.0 Å². The molecule has 0 spiro atoms. The second-order valence-electron chi connectivity index (χ2n) is 5.11. The zero-order valence-corrected chi connectivity index (χ0v) is 12.4. The van der Waals surface area contributed by atoms with Crippen molar-refractivity contribution in [2.75, 3.05) is 12.9 Å². The molecule has 0 radical (unpaired) electrons. The summed E-state index contributed by atoms with van der Waals surface area (Å²) in [6.07, 6.45) is 0. The molecule has 0 saturated heterocycles. The van der Waals surface area contributed by atoms with Gasteiger partial charge in [-0.2, -0.15) is 0 Å². The van der Waals surface area contributed by atoms with Crippen molar-refractivity contribution in [2.45, 2.75) is 32.6 Å². The minimum atomic E-state index is -1.19. The molecule has 1 atom stereocenters. The first-order valence-corrected chi connectivity index (χ1v) is 7.14. The Hall–Kier alpha value is -1.16. The summed E-state index contributed by atoms with van der Waals surface area (Å²) in [5.74, 6) is -0.0676. The van der Waals surface area contributed by atoms with Crippen LogP contribution in [0, 0.1) is 19.3 Å². The molecule has 0 amide bonds. The van der Waals surface area contributed by atoms with E-state index in [9.17, 15) is 9.00 Å². The van der Waals surface area contributed by atoms with E-state index in [4.69, 9.17) is 4.74 Å². The van der Waals surface area contributed by atoms with Crippen LogP contribution < -0.4 is 0 Å². The summed E-state index contributed by atoms with van der Waals surface area (Å²) in [6.45, 7) is 7.50. The lowest BCUT2D eigenvalue weighted by Crippen LogP contribution is -2.31. The maximum absolute atomic E-state index is 12.2. The van der Waals surface area contributed by atoms with Crippen LogP contribution in [0.5, 0.6) is 0 Å². The molecule has 1 rings (SSSR count). The van der Waals surface area contributed by atoms with Gasteiger partial charge in [0.15, 0.2) is 0 Å². The minimum Gasteiger partial charge on any atom is -0.469 e. The Morgan fingerprint density at radius 2 is 1.89 bits per heavy atom. The quantitative estimate of drug-likeness (QED) is 0.788. The molecular weight excluding hydrogens is 248 g/mol. The molecule has 100 valence electrons. The number of rotatable bonds is 4. The lowest BCUT2D eigenvalue weighted by Gasteiger charge is -2.20. The Balaban J connectivity index is 2.89. The molecule has 1 aromatic carbocycles. The molecule has 0 aliphatic heterocycles. The number of methoxy groups -OCH3 is 1. The third-order valence-electron chi connectivity index (χ3n) is 2.97. The van der Waals surface area contributed by atoms with Crippen LogP contribution in [0.3, 0.4) is 0 Å². The van der Waals surface area contributed by atoms with Gasteiger partial charge < -0.3 is 4.74 Å². The average molecular weight is 268 g/mol. The van der Waals surface area contributed by atoms with Crippen molar-refractivity contribution < 1.29 is 13.7 Å². The van der Waals surface area contributed by atoms with Gasteiger partial charge in [-0.25, -0.2) is 0 Å². The molecular formula is C14H20O3S. The SMILES string of the molecule is COC(=O)C(C)(C)CS(=O)c1ccc(C)c(C)c1. The van der Waals surface area contributed by atoms with Crippen molar-refractivity contribution in [1.29, 1.82) is 0 Å². The van der Waals surface area contributed by atoms with E-state index >= 15 is 0 Å². The standard InChI is InChI=1S/C14H20O3S/c1-10-6-7-12(8-11(10)2)18(16)9-14(3,4)13(15)17-5/h6-8H,9H2,1-5H3. The lowest BCUT2D eigenvalue weighted by molar-refractivity contribution is -0.149. The number of hydrogen-bond donors (Lipinski definition) is 0. The van der Waals surface area contributed by atoms with E-state index < -0.39 is 16.2 Å². The third-order valence-corrected chi connectivity index (χ3v) is 4.73. The van der Waals surface area contributed by atoms with E-state index in [2.05, 4.69) is 0 Å². The highest BCUT2D eigenvalue weighted by atomic mass is 32.2. The largest absolute Gasteiger partial charge is 0.469 e. The summed E-state index contributed by atoms with van der Waals surface area (Å²) >= 11 is 0. The maximum atomic E-state index is 12.2. The zero-order valence-electron chi connectivity index (χ0n) is 11.6. The van der Waals surface area contributed by atoms with E-state index in [0.717, 1.165) is 10.5 Å². The molecule has 0 bridgehead atoms. The molecule has 18 heavy (non-hydrogen) atoms. The van der Waals surface area contributed by atoms with Gasteiger partial charge in [0.25, 0.3) is 0 Å². The number of carbonyl (C=O) groups excluding carboxylic acids is 1. The van der Waals surface area contributed by atoms with Crippen LogP contribution in [0.4, 0.5) is 0 Å². The number of ether oxygens (including phenoxy) is 1. The Bertz CT molecular complexity index is 478. The van der Waals surface area contributed by atoms with E-state index in [1.165, 1.54) is 12.7 Å². The summed E-state index contributed by atoms with van der Waals surface area (Å²) in [6, 6.07) is 5.72. The highest BCUT2D eigenvalue weighted by Crippen LogP contribution is 2.22. The van der Waals surface area contributed by atoms with E-state index in [1.807, 2.05) is 32.0 Å². The van der Waals surface area contributed by atoms with Gasteiger partial charge in [0.05, 0.1) is 23.3 Å². The minimum absolute atomic E-state index is 0.266. The normalized spacial score (nSPS) is 13.2.